The third-order valence-electron chi connectivity index (χ3n) is 3.42. The molecule has 0 aliphatic carbocycles. The fourth-order valence-electron chi connectivity index (χ4n) is 2.29. The molecule has 0 bridgehead atoms. The van der Waals surface area contributed by atoms with E-state index in [-0.39, 0.29) is 0 Å². The molecule has 0 radical (unpaired) electrons. The van der Waals surface area contributed by atoms with E-state index in [4.69, 9.17) is 9.47 Å². The molecule has 0 saturated carbocycles. The van der Waals surface area contributed by atoms with Crippen molar-refractivity contribution < 1.29 is 9.47 Å². The van der Waals surface area contributed by atoms with E-state index in [1.54, 1.807) is 0 Å². The molecule has 0 aromatic heterocycles. The van der Waals surface area contributed by atoms with Gasteiger partial charge in [-0.05, 0) is 41.5 Å². The first-order chi connectivity index (χ1) is 10.3. The molecule has 0 aliphatic heterocycles. The zero-order valence-electron chi connectivity index (χ0n) is 12.1. The second kappa shape index (κ2) is 6.31. The molecular formula is C19H18O2. The second-order valence-corrected chi connectivity index (χ2v) is 4.97. The van der Waals surface area contributed by atoms with Crippen LogP contribution in [0.4, 0.5) is 0 Å². The van der Waals surface area contributed by atoms with Crippen LogP contribution in [0.5, 0.6) is 11.5 Å². The molecular weight excluding hydrogens is 260 g/mol. The molecule has 0 saturated heterocycles. The highest BCUT2D eigenvalue weighted by molar-refractivity contribution is 5.83. The lowest BCUT2D eigenvalue weighted by atomic mass is 10.1. The van der Waals surface area contributed by atoms with Crippen LogP contribution >= 0.6 is 0 Å². The van der Waals surface area contributed by atoms with Gasteiger partial charge >= 0.3 is 0 Å². The summed E-state index contributed by atoms with van der Waals surface area (Å²) in [6, 6.07) is 22.4. The number of ether oxygens (including phenoxy) is 2. The molecule has 106 valence electrons. The molecule has 2 nitrogen and oxygen atoms in total. The maximum Gasteiger partial charge on any atom is 0.122 e. The zero-order valence-corrected chi connectivity index (χ0v) is 12.1. The molecule has 0 heterocycles. The summed E-state index contributed by atoms with van der Waals surface area (Å²) in [7, 11) is 0. The zero-order chi connectivity index (χ0) is 14.5. The van der Waals surface area contributed by atoms with Gasteiger partial charge < -0.3 is 9.47 Å². The van der Waals surface area contributed by atoms with E-state index in [0.29, 0.717) is 13.2 Å². The summed E-state index contributed by atoms with van der Waals surface area (Å²) >= 11 is 0. The van der Waals surface area contributed by atoms with Gasteiger partial charge in [-0.2, -0.15) is 0 Å². The van der Waals surface area contributed by atoms with Gasteiger partial charge in [0, 0.05) is 0 Å². The molecule has 0 atom stereocenters. The Kier molecular flexibility index (Phi) is 4.06. The monoisotopic (exact) mass is 278 g/mol. The topological polar surface area (TPSA) is 18.5 Å². The van der Waals surface area contributed by atoms with Crippen molar-refractivity contribution in [2.45, 2.75) is 6.92 Å². The van der Waals surface area contributed by atoms with E-state index in [9.17, 15) is 0 Å². The van der Waals surface area contributed by atoms with Gasteiger partial charge in [0.25, 0.3) is 0 Å². The van der Waals surface area contributed by atoms with Crippen molar-refractivity contribution in [2.75, 3.05) is 13.2 Å². The minimum atomic E-state index is 0.534. The Hall–Kier alpha value is -2.48. The first-order valence-corrected chi connectivity index (χ1v) is 7.13. The molecule has 0 spiro atoms. The highest BCUT2D eigenvalue weighted by Gasteiger charge is 1.99. The fourth-order valence-corrected chi connectivity index (χ4v) is 2.29. The molecule has 3 aromatic rings. The lowest BCUT2D eigenvalue weighted by Gasteiger charge is -2.10. The Morgan fingerprint density at radius 2 is 1.43 bits per heavy atom. The highest BCUT2D eigenvalue weighted by atomic mass is 16.5. The maximum absolute atomic E-state index is 5.75. The Morgan fingerprint density at radius 3 is 2.29 bits per heavy atom. The molecule has 3 aromatic carbocycles. The van der Waals surface area contributed by atoms with Gasteiger partial charge in [0.1, 0.15) is 24.7 Å². The molecule has 3 rings (SSSR count). The van der Waals surface area contributed by atoms with Crippen LogP contribution in [-0.4, -0.2) is 13.2 Å². The minimum Gasteiger partial charge on any atom is -0.490 e. The average molecular weight is 278 g/mol. The third kappa shape index (κ3) is 3.34. The molecule has 21 heavy (non-hydrogen) atoms. The molecule has 0 unspecified atom stereocenters. The van der Waals surface area contributed by atoms with Crippen LogP contribution in [0.25, 0.3) is 10.8 Å². The molecule has 0 aliphatic rings. The van der Waals surface area contributed by atoms with Gasteiger partial charge in [0.05, 0.1) is 0 Å². The predicted octanol–water partition coefficient (Wildman–Crippen LogP) is 4.61. The first-order valence-electron chi connectivity index (χ1n) is 7.13. The van der Waals surface area contributed by atoms with Crippen LogP contribution < -0.4 is 9.47 Å². The SMILES string of the molecule is Cc1ccccc1OCCOc1ccc2ccccc2c1. The second-order valence-electron chi connectivity index (χ2n) is 4.97. The van der Waals surface area contributed by atoms with Crippen LogP contribution in [0.2, 0.25) is 0 Å². The molecule has 0 amide bonds. The summed E-state index contributed by atoms with van der Waals surface area (Å²) in [5.41, 5.74) is 1.14. The summed E-state index contributed by atoms with van der Waals surface area (Å²) in [4.78, 5) is 0. The number of para-hydroxylation sites is 1. The van der Waals surface area contributed by atoms with Crippen molar-refractivity contribution in [1.82, 2.24) is 0 Å². The van der Waals surface area contributed by atoms with Gasteiger partial charge in [-0.1, -0.05) is 48.5 Å². The molecule has 0 N–H and O–H groups in total. The van der Waals surface area contributed by atoms with E-state index in [2.05, 4.69) is 24.3 Å². The van der Waals surface area contributed by atoms with Gasteiger partial charge in [0.15, 0.2) is 0 Å². The van der Waals surface area contributed by atoms with Crippen LogP contribution in [0.15, 0.2) is 66.7 Å². The average Bonchev–Trinajstić information content (AvgIpc) is 2.53. The Morgan fingerprint density at radius 1 is 0.714 bits per heavy atom. The minimum absolute atomic E-state index is 0.534. The van der Waals surface area contributed by atoms with Crippen LogP contribution in [0.3, 0.4) is 0 Å². The molecule has 0 fully saturated rings. The Balaban J connectivity index is 1.56. The van der Waals surface area contributed by atoms with E-state index in [0.717, 1.165) is 17.1 Å². The van der Waals surface area contributed by atoms with E-state index < -0.39 is 0 Å². The number of fused-ring (bicyclic) bond motifs is 1. The summed E-state index contributed by atoms with van der Waals surface area (Å²) in [6.07, 6.45) is 0. The normalized spacial score (nSPS) is 10.5. The van der Waals surface area contributed by atoms with Gasteiger partial charge in [0.2, 0.25) is 0 Å². The predicted molar refractivity (Wildman–Crippen MR) is 86.1 cm³/mol. The Labute approximate surface area is 124 Å². The third-order valence-corrected chi connectivity index (χ3v) is 3.42. The molecule has 2 heteroatoms. The number of benzene rings is 3. The summed E-state index contributed by atoms with van der Waals surface area (Å²) in [5.74, 6) is 1.79. The van der Waals surface area contributed by atoms with E-state index >= 15 is 0 Å². The van der Waals surface area contributed by atoms with Crippen molar-refractivity contribution in [3.63, 3.8) is 0 Å². The first kappa shape index (κ1) is 13.5. The standard InChI is InChI=1S/C19H18O2/c1-15-6-2-5-9-19(15)21-13-12-20-18-11-10-16-7-3-4-8-17(16)14-18/h2-11,14H,12-13H2,1H3. The number of hydrogen-bond donors (Lipinski definition) is 0. The smallest absolute Gasteiger partial charge is 0.122 e. The van der Waals surface area contributed by atoms with Crippen molar-refractivity contribution >= 4 is 10.8 Å². The van der Waals surface area contributed by atoms with Crippen LogP contribution in [0.1, 0.15) is 5.56 Å². The summed E-state index contributed by atoms with van der Waals surface area (Å²) in [5, 5.41) is 2.41. The van der Waals surface area contributed by atoms with Crippen LogP contribution in [-0.2, 0) is 0 Å². The Bertz CT molecular complexity index is 734. The lowest BCUT2D eigenvalue weighted by molar-refractivity contribution is 0.216. The van der Waals surface area contributed by atoms with Crippen molar-refractivity contribution in [3.8, 4) is 11.5 Å². The lowest BCUT2D eigenvalue weighted by Crippen LogP contribution is -2.09. The fraction of sp³-hybridized carbons (Fsp3) is 0.158. The van der Waals surface area contributed by atoms with Crippen LogP contribution in [0, 0.1) is 6.92 Å². The maximum atomic E-state index is 5.75. The van der Waals surface area contributed by atoms with Gasteiger partial charge in [-0.15, -0.1) is 0 Å². The van der Waals surface area contributed by atoms with Crippen molar-refractivity contribution in [1.29, 1.82) is 0 Å². The van der Waals surface area contributed by atoms with Crippen molar-refractivity contribution in [3.05, 3.63) is 72.3 Å². The highest BCUT2D eigenvalue weighted by Crippen LogP contribution is 2.20. The van der Waals surface area contributed by atoms with E-state index in [1.807, 2.05) is 49.4 Å². The largest absolute Gasteiger partial charge is 0.490 e. The van der Waals surface area contributed by atoms with Gasteiger partial charge in [-0.25, -0.2) is 0 Å². The number of hydrogen-bond acceptors (Lipinski definition) is 2. The summed E-state index contributed by atoms with van der Waals surface area (Å²) in [6.45, 7) is 3.11. The number of rotatable bonds is 5. The summed E-state index contributed by atoms with van der Waals surface area (Å²) < 4.78 is 11.5. The van der Waals surface area contributed by atoms with E-state index in [1.165, 1.54) is 10.8 Å². The van der Waals surface area contributed by atoms with Crippen molar-refractivity contribution in [2.24, 2.45) is 0 Å². The number of aryl methyl sites for hydroxylation is 1. The van der Waals surface area contributed by atoms with Gasteiger partial charge in [-0.3, -0.25) is 0 Å². The quantitative estimate of drug-likeness (QED) is 0.635.